The molecule has 0 radical (unpaired) electrons. The zero-order chi connectivity index (χ0) is 23.3. The van der Waals surface area contributed by atoms with Crippen molar-refractivity contribution in [3.63, 3.8) is 0 Å². The van der Waals surface area contributed by atoms with Gasteiger partial charge in [-0.2, -0.15) is 4.99 Å². The van der Waals surface area contributed by atoms with Crippen molar-refractivity contribution in [2.75, 3.05) is 23.7 Å². The fraction of sp³-hybridized carbons (Fsp3) is 0.304. The number of aryl methyl sites for hydroxylation is 1. The maximum absolute atomic E-state index is 13.7. The van der Waals surface area contributed by atoms with Gasteiger partial charge >= 0.3 is 0 Å². The number of hydrogen-bond donors (Lipinski definition) is 2. The molecule has 1 aliphatic heterocycles. The van der Waals surface area contributed by atoms with Crippen LogP contribution >= 0.6 is 11.8 Å². The highest BCUT2D eigenvalue weighted by atomic mass is 32.2. The van der Waals surface area contributed by atoms with Crippen LogP contribution in [0.5, 0.6) is 0 Å². The molecule has 3 rings (SSSR count). The maximum atomic E-state index is 13.7. The van der Waals surface area contributed by atoms with E-state index >= 15 is 0 Å². The van der Waals surface area contributed by atoms with E-state index in [0.29, 0.717) is 27.7 Å². The molecule has 0 aromatic heterocycles. The van der Waals surface area contributed by atoms with Crippen molar-refractivity contribution in [1.82, 2.24) is 4.90 Å². The molecule has 0 spiro atoms. The number of nitrogens with zero attached hydrogens (tertiary/aromatic N) is 2. The molecule has 1 atom stereocenters. The van der Waals surface area contributed by atoms with Gasteiger partial charge in [-0.05, 0) is 56.7 Å². The van der Waals surface area contributed by atoms with E-state index < -0.39 is 17.0 Å². The summed E-state index contributed by atoms with van der Waals surface area (Å²) >= 11 is 1.30. The minimum atomic E-state index is -0.562. The molecule has 0 bridgehead atoms. The molecule has 7 nitrogen and oxygen atoms in total. The highest BCUT2D eigenvalue weighted by Crippen LogP contribution is 2.27. The molecule has 0 saturated heterocycles. The number of halogens is 1. The molecule has 1 aliphatic rings. The molecule has 1 heterocycles. The number of amides is 3. The first-order chi connectivity index (χ1) is 15.3. The number of aliphatic imine (C=N–C) groups is 1. The standard InChI is InChI=1S/C23H25FN4O3S/c1-4-28(5-2)23-27-22(31)19(32-23)13-20(29)25-16-8-6-7-15(11-16)21(30)26-17-10-9-14(3)18(24)12-17/h6-12,19H,4-5,13H2,1-3H3,(H,25,29)(H,26,30)/t19-/m1/s1. The lowest BCUT2D eigenvalue weighted by Crippen LogP contribution is -2.27. The van der Waals surface area contributed by atoms with Crippen molar-refractivity contribution in [2.45, 2.75) is 32.4 Å². The average Bonchev–Trinajstić information content (AvgIpc) is 3.11. The highest BCUT2D eigenvalue weighted by Gasteiger charge is 2.32. The summed E-state index contributed by atoms with van der Waals surface area (Å²) < 4.78 is 13.7. The molecule has 168 valence electrons. The smallest absolute Gasteiger partial charge is 0.262 e. The lowest BCUT2D eigenvalue weighted by Gasteiger charge is -2.19. The summed E-state index contributed by atoms with van der Waals surface area (Å²) in [6.45, 7) is 7.07. The molecule has 0 fully saturated rings. The number of carbonyl (C=O) groups is 3. The quantitative estimate of drug-likeness (QED) is 0.656. The summed E-state index contributed by atoms with van der Waals surface area (Å²) in [7, 11) is 0. The SMILES string of the molecule is CCN(CC)C1=NC(=O)[C@@H](CC(=O)Nc2cccc(C(=O)Nc3ccc(C)c(F)c3)c2)S1. The van der Waals surface area contributed by atoms with Gasteiger partial charge in [0.2, 0.25) is 5.91 Å². The number of anilines is 2. The van der Waals surface area contributed by atoms with Crippen LogP contribution in [-0.4, -0.2) is 46.1 Å². The predicted octanol–water partition coefficient (Wildman–Crippen LogP) is 4.05. The number of thioether (sulfide) groups is 1. The van der Waals surface area contributed by atoms with Gasteiger partial charge in [-0.3, -0.25) is 14.4 Å². The van der Waals surface area contributed by atoms with E-state index in [1.165, 1.54) is 23.9 Å². The maximum Gasteiger partial charge on any atom is 0.262 e. The zero-order valence-corrected chi connectivity index (χ0v) is 19.0. The van der Waals surface area contributed by atoms with Gasteiger partial charge in [0.05, 0.1) is 0 Å². The Balaban J connectivity index is 1.59. The summed E-state index contributed by atoms with van der Waals surface area (Å²) in [6, 6.07) is 10.9. The Morgan fingerprint density at radius 2 is 1.81 bits per heavy atom. The first kappa shape index (κ1) is 23.5. The van der Waals surface area contributed by atoms with Crippen molar-refractivity contribution < 1.29 is 18.8 Å². The third kappa shape index (κ3) is 5.73. The van der Waals surface area contributed by atoms with Crippen LogP contribution in [0.15, 0.2) is 47.5 Å². The normalized spacial score (nSPS) is 15.3. The Morgan fingerprint density at radius 3 is 2.50 bits per heavy atom. The molecule has 3 amide bonds. The van der Waals surface area contributed by atoms with Gasteiger partial charge in [-0.25, -0.2) is 4.39 Å². The summed E-state index contributed by atoms with van der Waals surface area (Å²) in [5.74, 6) is -1.49. The summed E-state index contributed by atoms with van der Waals surface area (Å²) in [6.07, 6.45) is -0.0170. The second kappa shape index (κ2) is 10.4. The minimum absolute atomic E-state index is 0.0170. The monoisotopic (exact) mass is 456 g/mol. The van der Waals surface area contributed by atoms with Crippen molar-refractivity contribution in [1.29, 1.82) is 0 Å². The van der Waals surface area contributed by atoms with E-state index in [-0.39, 0.29) is 18.2 Å². The highest BCUT2D eigenvalue weighted by molar-refractivity contribution is 8.15. The van der Waals surface area contributed by atoms with Crippen molar-refractivity contribution in [3.8, 4) is 0 Å². The fourth-order valence-electron chi connectivity index (χ4n) is 3.13. The topological polar surface area (TPSA) is 90.9 Å². The number of nitrogens with one attached hydrogen (secondary N) is 2. The lowest BCUT2D eigenvalue weighted by atomic mass is 10.1. The Kier molecular flexibility index (Phi) is 7.63. The summed E-state index contributed by atoms with van der Waals surface area (Å²) in [5.41, 5.74) is 1.56. The minimum Gasteiger partial charge on any atom is -0.352 e. The Morgan fingerprint density at radius 1 is 1.09 bits per heavy atom. The van der Waals surface area contributed by atoms with E-state index in [9.17, 15) is 18.8 Å². The van der Waals surface area contributed by atoms with Crippen molar-refractivity contribution in [2.24, 2.45) is 4.99 Å². The zero-order valence-electron chi connectivity index (χ0n) is 18.1. The Labute approximate surface area is 190 Å². The number of carbonyl (C=O) groups excluding carboxylic acids is 3. The van der Waals surface area contributed by atoms with E-state index in [0.717, 1.165) is 13.1 Å². The fourth-order valence-corrected chi connectivity index (χ4v) is 4.32. The first-order valence-electron chi connectivity index (χ1n) is 10.3. The van der Waals surface area contributed by atoms with Gasteiger partial charge in [-0.15, -0.1) is 0 Å². The van der Waals surface area contributed by atoms with Crippen LogP contribution in [0.4, 0.5) is 15.8 Å². The van der Waals surface area contributed by atoms with Crippen LogP contribution in [-0.2, 0) is 9.59 Å². The van der Waals surface area contributed by atoms with Gasteiger partial charge < -0.3 is 15.5 Å². The van der Waals surface area contributed by atoms with Gasteiger partial charge in [0.15, 0.2) is 5.17 Å². The predicted molar refractivity (Wildman–Crippen MR) is 126 cm³/mol. The molecule has 32 heavy (non-hydrogen) atoms. The lowest BCUT2D eigenvalue weighted by molar-refractivity contribution is -0.121. The third-order valence-electron chi connectivity index (χ3n) is 4.97. The van der Waals surface area contributed by atoms with Crippen LogP contribution in [0.2, 0.25) is 0 Å². The van der Waals surface area contributed by atoms with E-state index in [2.05, 4.69) is 15.6 Å². The molecule has 0 unspecified atom stereocenters. The van der Waals surface area contributed by atoms with Gasteiger partial charge in [0, 0.05) is 36.4 Å². The van der Waals surface area contributed by atoms with Crippen LogP contribution in [0.3, 0.4) is 0 Å². The molecule has 0 aliphatic carbocycles. The third-order valence-corrected chi connectivity index (χ3v) is 6.19. The summed E-state index contributed by atoms with van der Waals surface area (Å²) in [4.78, 5) is 43.2. The van der Waals surface area contributed by atoms with Crippen molar-refractivity contribution >= 4 is 46.0 Å². The molecule has 0 saturated carbocycles. The molecular weight excluding hydrogens is 431 g/mol. The Hall–Kier alpha value is -3.20. The number of rotatable bonds is 7. The van der Waals surface area contributed by atoms with Gasteiger partial charge in [0.25, 0.3) is 11.8 Å². The van der Waals surface area contributed by atoms with E-state index in [4.69, 9.17) is 0 Å². The van der Waals surface area contributed by atoms with Crippen LogP contribution < -0.4 is 10.6 Å². The number of benzene rings is 2. The summed E-state index contributed by atoms with van der Waals surface area (Å²) in [5, 5.41) is 5.45. The second-order valence-corrected chi connectivity index (χ2v) is 8.43. The number of hydrogen-bond acceptors (Lipinski definition) is 5. The average molecular weight is 457 g/mol. The van der Waals surface area contributed by atoms with Crippen LogP contribution in [0, 0.1) is 12.7 Å². The van der Waals surface area contributed by atoms with Gasteiger partial charge in [-0.1, -0.05) is 23.9 Å². The molecule has 2 aromatic carbocycles. The second-order valence-electron chi connectivity index (χ2n) is 7.26. The Bertz CT molecular complexity index is 1070. The van der Waals surface area contributed by atoms with E-state index in [1.54, 1.807) is 37.3 Å². The molecular formula is C23H25FN4O3S. The molecule has 9 heteroatoms. The van der Waals surface area contributed by atoms with Crippen LogP contribution in [0.1, 0.15) is 36.2 Å². The molecule has 2 aromatic rings. The van der Waals surface area contributed by atoms with E-state index in [1.807, 2.05) is 18.7 Å². The largest absolute Gasteiger partial charge is 0.352 e. The molecule has 2 N–H and O–H groups in total. The van der Waals surface area contributed by atoms with Gasteiger partial charge in [0.1, 0.15) is 11.1 Å². The van der Waals surface area contributed by atoms with Crippen LogP contribution in [0.25, 0.3) is 0 Å². The first-order valence-corrected chi connectivity index (χ1v) is 11.2. The number of amidine groups is 1. The van der Waals surface area contributed by atoms with Crippen molar-refractivity contribution in [3.05, 3.63) is 59.4 Å².